The lowest BCUT2D eigenvalue weighted by molar-refractivity contribution is -0.140. The smallest absolute Gasteiger partial charge is 0.264 e. The molecule has 1 N–H and O–H groups in total. The summed E-state index contributed by atoms with van der Waals surface area (Å²) in [4.78, 5) is 30.0. The number of halogens is 2. The molecule has 0 aromatic heterocycles. The molecule has 0 aliphatic heterocycles. The third-order valence-corrected chi connectivity index (χ3v) is 10.2. The summed E-state index contributed by atoms with van der Waals surface area (Å²) in [5, 5.41) is 3.52. The van der Waals surface area contributed by atoms with E-state index in [0.717, 1.165) is 9.87 Å². The number of rotatable bonds is 15. The van der Waals surface area contributed by atoms with Gasteiger partial charge >= 0.3 is 0 Å². The van der Waals surface area contributed by atoms with Crippen LogP contribution in [-0.2, 0) is 32.6 Å². The minimum absolute atomic E-state index is 0.0131. The summed E-state index contributed by atoms with van der Waals surface area (Å²) in [5.41, 5.74) is 1.83. The first-order chi connectivity index (χ1) is 22.5. The van der Waals surface area contributed by atoms with Crippen molar-refractivity contribution in [1.29, 1.82) is 0 Å². The average Bonchev–Trinajstić information content (AvgIpc) is 3.06. The fourth-order valence-electron chi connectivity index (χ4n) is 4.96. The number of hydrogen-bond donors (Lipinski definition) is 1. The highest BCUT2D eigenvalue weighted by Gasteiger charge is 2.35. The highest BCUT2D eigenvalue weighted by Crippen LogP contribution is 2.28. The van der Waals surface area contributed by atoms with Gasteiger partial charge in [-0.1, -0.05) is 76.9 Å². The molecule has 0 saturated carbocycles. The predicted molar refractivity (Wildman–Crippen MR) is 190 cm³/mol. The van der Waals surface area contributed by atoms with Gasteiger partial charge in [0.05, 0.1) is 17.2 Å². The van der Waals surface area contributed by atoms with E-state index in [-0.39, 0.29) is 35.5 Å². The van der Waals surface area contributed by atoms with Crippen LogP contribution in [0.25, 0.3) is 0 Å². The molecule has 0 bridgehead atoms. The lowest BCUT2D eigenvalue weighted by Crippen LogP contribution is -2.54. The third-order valence-electron chi connectivity index (χ3n) is 7.63. The number of sulfonamides is 1. The van der Waals surface area contributed by atoms with Crippen LogP contribution in [0.3, 0.4) is 0 Å². The van der Waals surface area contributed by atoms with Gasteiger partial charge < -0.3 is 15.0 Å². The zero-order valence-corrected chi connectivity index (χ0v) is 29.8. The average molecular weight is 741 g/mol. The van der Waals surface area contributed by atoms with E-state index in [2.05, 4.69) is 21.2 Å². The number of carbonyl (C=O) groups is 2. The van der Waals surface area contributed by atoms with Gasteiger partial charge in [0.15, 0.2) is 0 Å². The van der Waals surface area contributed by atoms with Gasteiger partial charge in [-0.3, -0.25) is 13.9 Å². The van der Waals surface area contributed by atoms with Crippen molar-refractivity contribution in [3.05, 3.63) is 124 Å². The second kappa shape index (κ2) is 16.8. The zero-order chi connectivity index (χ0) is 34.0. The third kappa shape index (κ3) is 9.82. The first-order valence-corrected chi connectivity index (χ1v) is 18.0. The Bertz CT molecular complexity index is 1740. The van der Waals surface area contributed by atoms with Gasteiger partial charge in [-0.15, -0.1) is 0 Å². The normalized spacial score (nSPS) is 12.5. The van der Waals surface area contributed by atoms with Gasteiger partial charge in [-0.2, -0.15) is 0 Å². The molecule has 11 heteroatoms. The van der Waals surface area contributed by atoms with Crippen molar-refractivity contribution in [3.63, 3.8) is 0 Å². The topological polar surface area (TPSA) is 96.0 Å². The Labute approximate surface area is 290 Å². The van der Waals surface area contributed by atoms with Gasteiger partial charge in [-0.05, 0) is 92.1 Å². The molecule has 4 aromatic carbocycles. The van der Waals surface area contributed by atoms with Crippen molar-refractivity contribution in [2.75, 3.05) is 17.5 Å². The van der Waals surface area contributed by atoms with Gasteiger partial charge in [0.25, 0.3) is 10.0 Å². The van der Waals surface area contributed by atoms with E-state index >= 15 is 0 Å². The van der Waals surface area contributed by atoms with Crippen LogP contribution in [0, 0.1) is 0 Å². The van der Waals surface area contributed by atoms with E-state index in [0.29, 0.717) is 33.8 Å². The summed E-state index contributed by atoms with van der Waals surface area (Å²) >= 11 is 9.68. The van der Waals surface area contributed by atoms with Crippen LogP contribution in [0.5, 0.6) is 5.75 Å². The summed E-state index contributed by atoms with van der Waals surface area (Å²) in [7, 11) is -4.23. The van der Waals surface area contributed by atoms with E-state index in [4.69, 9.17) is 16.3 Å². The van der Waals surface area contributed by atoms with Crippen LogP contribution in [0.15, 0.2) is 112 Å². The molecule has 4 rings (SSSR count). The molecule has 0 aliphatic rings. The summed E-state index contributed by atoms with van der Waals surface area (Å²) in [5.74, 6) is -0.322. The Balaban J connectivity index is 1.81. The number of anilines is 1. The van der Waals surface area contributed by atoms with Gasteiger partial charge in [0, 0.05) is 28.5 Å². The first kappa shape index (κ1) is 36.0. The molecule has 0 saturated heterocycles. The maximum atomic E-state index is 14.6. The molecule has 0 heterocycles. The summed E-state index contributed by atoms with van der Waals surface area (Å²) < 4.78 is 35.8. The van der Waals surface area contributed by atoms with Crippen LogP contribution < -0.4 is 14.4 Å². The number of ether oxygens (including phenoxy) is 1. The molecule has 0 spiro atoms. The van der Waals surface area contributed by atoms with Crippen LogP contribution in [0.2, 0.25) is 5.02 Å². The van der Waals surface area contributed by atoms with Crippen LogP contribution >= 0.6 is 27.5 Å². The van der Waals surface area contributed by atoms with E-state index in [9.17, 15) is 18.0 Å². The van der Waals surface area contributed by atoms with E-state index in [1.54, 1.807) is 54.6 Å². The number of hydrogen-bond acceptors (Lipinski definition) is 5. The van der Waals surface area contributed by atoms with Crippen molar-refractivity contribution in [3.8, 4) is 5.75 Å². The zero-order valence-electron chi connectivity index (χ0n) is 26.6. The Morgan fingerprint density at radius 3 is 2.17 bits per heavy atom. The SMILES string of the molecule is CCOc1ccc(N(CC(=O)N(Cc2cccc(Cl)c2)[C@@H](Cc2ccccc2)C(=O)N[C@H](C)CC)S(=O)(=O)c2ccc(Br)cc2)cc1. The molecule has 0 radical (unpaired) electrons. The van der Waals surface area contributed by atoms with Crippen molar-refractivity contribution in [2.45, 2.75) is 57.1 Å². The van der Waals surface area contributed by atoms with E-state index < -0.39 is 28.5 Å². The fraction of sp³-hybridized carbons (Fsp3) is 0.278. The number of nitrogens with zero attached hydrogens (tertiary/aromatic N) is 2. The summed E-state index contributed by atoms with van der Waals surface area (Å²) in [6, 6.07) is 28.2. The number of benzene rings is 4. The van der Waals surface area contributed by atoms with Crippen LogP contribution in [0.4, 0.5) is 5.69 Å². The molecule has 2 atom stereocenters. The van der Waals surface area contributed by atoms with Crippen LogP contribution in [0.1, 0.15) is 38.3 Å². The van der Waals surface area contributed by atoms with Crippen molar-refractivity contribution >= 4 is 55.1 Å². The molecule has 248 valence electrons. The monoisotopic (exact) mass is 739 g/mol. The Kier molecular flexibility index (Phi) is 12.9. The van der Waals surface area contributed by atoms with Crippen molar-refractivity contribution in [2.24, 2.45) is 0 Å². The maximum absolute atomic E-state index is 14.6. The fourth-order valence-corrected chi connectivity index (χ4v) is 6.86. The van der Waals surface area contributed by atoms with E-state index in [1.807, 2.05) is 57.2 Å². The molecule has 0 unspecified atom stereocenters. The minimum atomic E-state index is -4.23. The Hall–Kier alpha value is -3.86. The molecule has 47 heavy (non-hydrogen) atoms. The van der Waals surface area contributed by atoms with Gasteiger partial charge in [-0.25, -0.2) is 8.42 Å². The first-order valence-electron chi connectivity index (χ1n) is 15.4. The standard InChI is InChI=1S/C36H39BrClN3O5S/c1-4-26(3)39-36(43)34(23-27-10-7-6-8-11-27)40(24-28-12-9-13-30(38)22-28)35(42)25-41(31-16-18-32(19-17-31)46-5-2)47(44,45)33-20-14-29(37)15-21-33/h6-22,26,34H,4-5,23-25H2,1-3H3,(H,39,43)/t26-,34+/m1/s1. The lowest BCUT2D eigenvalue weighted by Gasteiger charge is -2.34. The van der Waals surface area contributed by atoms with E-state index in [1.165, 1.54) is 17.0 Å². The molecular formula is C36H39BrClN3O5S. The number of carbonyl (C=O) groups excluding carboxylic acids is 2. The largest absolute Gasteiger partial charge is 0.494 e. The summed E-state index contributed by atoms with van der Waals surface area (Å²) in [6.07, 6.45) is 0.918. The van der Waals surface area contributed by atoms with Crippen molar-refractivity contribution < 1.29 is 22.7 Å². The van der Waals surface area contributed by atoms with Crippen molar-refractivity contribution in [1.82, 2.24) is 10.2 Å². The second-order valence-corrected chi connectivity index (χ2v) is 14.3. The Morgan fingerprint density at radius 1 is 0.894 bits per heavy atom. The Morgan fingerprint density at radius 2 is 1.55 bits per heavy atom. The second-order valence-electron chi connectivity index (χ2n) is 11.1. The van der Waals surface area contributed by atoms with Gasteiger partial charge in [0.1, 0.15) is 18.3 Å². The minimum Gasteiger partial charge on any atom is -0.494 e. The predicted octanol–water partition coefficient (Wildman–Crippen LogP) is 7.25. The summed E-state index contributed by atoms with van der Waals surface area (Å²) in [6.45, 7) is 5.63. The molecule has 8 nitrogen and oxygen atoms in total. The maximum Gasteiger partial charge on any atom is 0.264 e. The highest BCUT2D eigenvalue weighted by atomic mass is 79.9. The molecule has 0 aliphatic carbocycles. The van der Waals surface area contributed by atoms with Gasteiger partial charge in [0.2, 0.25) is 11.8 Å². The number of amides is 2. The quantitative estimate of drug-likeness (QED) is 0.139. The molecular weight excluding hydrogens is 702 g/mol. The van der Waals surface area contributed by atoms with Crippen LogP contribution in [-0.4, -0.2) is 50.4 Å². The molecule has 0 fully saturated rings. The molecule has 4 aromatic rings. The number of nitrogens with one attached hydrogen (secondary N) is 1. The lowest BCUT2D eigenvalue weighted by atomic mass is 10.0. The molecule has 2 amide bonds. The highest BCUT2D eigenvalue weighted by molar-refractivity contribution is 9.10.